The fourth-order valence-electron chi connectivity index (χ4n) is 1.77. The van der Waals surface area contributed by atoms with Gasteiger partial charge in [-0.3, -0.25) is 19.6 Å². The number of amides is 1. The lowest BCUT2D eigenvalue weighted by Crippen LogP contribution is -2.39. The van der Waals surface area contributed by atoms with Crippen molar-refractivity contribution in [3.63, 3.8) is 0 Å². The number of carbonyl (C=O) groups is 1. The third-order valence-corrected chi connectivity index (χ3v) is 4.17. The van der Waals surface area contributed by atoms with Crippen molar-refractivity contribution in [3.05, 3.63) is 27.1 Å². The molecule has 0 aromatic carbocycles. The Morgan fingerprint density at radius 3 is 2.83 bits per heavy atom. The number of hydrogen-bond acceptors (Lipinski definition) is 5. The van der Waals surface area contributed by atoms with Gasteiger partial charge in [0.15, 0.2) is 0 Å². The average Bonchev–Trinajstić information content (AvgIpc) is 2.64. The van der Waals surface area contributed by atoms with Crippen LogP contribution in [0.15, 0.2) is 11.1 Å². The molecule has 0 aliphatic rings. The van der Waals surface area contributed by atoms with Crippen LogP contribution in [-0.4, -0.2) is 15.5 Å². The Kier molecular flexibility index (Phi) is 3.18. The molecule has 1 atom stereocenters. The third kappa shape index (κ3) is 1.81. The van der Waals surface area contributed by atoms with Crippen molar-refractivity contribution in [1.29, 1.82) is 0 Å². The van der Waals surface area contributed by atoms with E-state index in [0.29, 0.717) is 10.2 Å². The van der Waals surface area contributed by atoms with Crippen LogP contribution < -0.4 is 16.8 Å². The van der Waals surface area contributed by atoms with Crippen LogP contribution in [0.25, 0.3) is 10.2 Å². The first-order chi connectivity index (χ1) is 8.47. The minimum absolute atomic E-state index is 0.210. The number of nitrogens with one attached hydrogen (secondary N) is 1. The molecule has 1 amide bonds. The van der Waals surface area contributed by atoms with Crippen LogP contribution in [0.1, 0.15) is 23.4 Å². The predicted octanol–water partition coefficient (Wildman–Crippen LogP) is 0.626. The second kappa shape index (κ2) is 4.51. The zero-order chi connectivity index (χ0) is 13.4. The Morgan fingerprint density at radius 2 is 2.22 bits per heavy atom. The number of fused-ring (bicyclic) bond motifs is 1. The highest BCUT2D eigenvalue weighted by molar-refractivity contribution is 7.18. The second-order valence-corrected chi connectivity index (χ2v) is 5.31. The summed E-state index contributed by atoms with van der Waals surface area (Å²) in [6.45, 7) is 5.43. The zero-order valence-electron chi connectivity index (χ0n) is 10.4. The summed E-state index contributed by atoms with van der Waals surface area (Å²) >= 11 is 1.48. The highest BCUT2D eigenvalue weighted by Crippen LogP contribution is 2.25. The van der Waals surface area contributed by atoms with Gasteiger partial charge in [0.1, 0.15) is 10.9 Å². The molecule has 6 nitrogen and oxygen atoms in total. The zero-order valence-corrected chi connectivity index (χ0v) is 11.2. The highest BCUT2D eigenvalue weighted by Gasteiger charge is 2.18. The van der Waals surface area contributed by atoms with Crippen LogP contribution in [0, 0.1) is 13.8 Å². The number of carbonyl (C=O) groups excluding carboxylic acids is 1. The lowest BCUT2D eigenvalue weighted by molar-refractivity contribution is -0.124. The quantitative estimate of drug-likeness (QED) is 0.474. The molecule has 2 aromatic rings. The van der Waals surface area contributed by atoms with Crippen molar-refractivity contribution in [2.45, 2.75) is 26.8 Å². The van der Waals surface area contributed by atoms with Crippen molar-refractivity contribution in [3.8, 4) is 0 Å². The summed E-state index contributed by atoms with van der Waals surface area (Å²) < 4.78 is 1.30. The molecule has 0 spiro atoms. The average molecular weight is 266 g/mol. The number of hydrogen-bond donors (Lipinski definition) is 2. The Balaban J connectivity index is 2.68. The predicted molar refractivity (Wildman–Crippen MR) is 70.4 cm³/mol. The van der Waals surface area contributed by atoms with Gasteiger partial charge < -0.3 is 0 Å². The molecule has 0 saturated heterocycles. The summed E-state index contributed by atoms with van der Waals surface area (Å²) in [5.74, 6) is 4.65. The summed E-state index contributed by atoms with van der Waals surface area (Å²) in [4.78, 5) is 29.8. The smallest absolute Gasteiger partial charge is 0.263 e. The number of nitrogens with zero attached hydrogens (tertiary/aromatic N) is 2. The number of aryl methyl sites for hydroxylation is 2. The van der Waals surface area contributed by atoms with E-state index < -0.39 is 11.9 Å². The lowest BCUT2D eigenvalue weighted by atomic mass is 10.2. The number of thiophene rings is 1. The molecular weight excluding hydrogens is 252 g/mol. The molecule has 2 heterocycles. The van der Waals surface area contributed by atoms with Crippen LogP contribution in [-0.2, 0) is 4.79 Å². The van der Waals surface area contributed by atoms with Crippen molar-refractivity contribution in [2.75, 3.05) is 0 Å². The molecule has 0 radical (unpaired) electrons. The van der Waals surface area contributed by atoms with Crippen LogP contribution in [0.3, 0.4) is 0 Å². The molecule has 1 unspecified atom stereocenters. The third-order valence-electron chi connectivity index (χ3n) is 3.05. The maximum Gasteiger partial charge on any atom is 0.263 e. The number of aromatic nitrogens is 2. The van der Waals surface area contributed by atoms with Crippen molar-refractivity contribution in [2.24, 2.45) is 5.84 Å². The van der Waals surface area contributed by atoms with Crippen LogP contribution in [0.2, 0.25) is 0 Å². The van der Waals surface area contributed by atoms with E-state index in [1.54, 1.807) is 6.92 Å². The summed E-state index contributed by atoms with van der Waals surface area (Å²) in [6, 6.07) is -0.681. The normalized spacial score (nSPS) is 12.7. The molecule has 2 rings (SSSR count). The molecule has 2 aromatic heterocycles. The van der Waals surface area contributed by atoms with E-state index in [2.05, 4.69) is 4.98 Å². The molecule has 0 saturated carbocycles. The number of hydrazine groups is 1. The van der Waals surface area contributed by atoms with Crippen LogP contribution in [0.4, 0.5) is 0 Å². The molecule has 7 heteroatoms. The van der Waals surface area contributed by atoms with E-state index in [4.69, 9.17) is 5.84 Å². The summed E-state index contributed by atoms with van der Waals surface area (Å²) in [5, 5.41) is 0.580. The molecule has 0 bridgehead atoms. The first-order valence-electron chi connectivity index (χ1n) is 5.44. The van der Waals surface area contributed by atoms with Crippen LogP contribution in [0.5, 0.6) is 0 Å². The van der Waals surface area contributed by atoms with Gasteiger partial charge in [-0.25, -0.2) is 10.8 Å². The van der Waals surface area contributed by atoms with Crippen molar-refractivity contribution >= 4 is 27.5 Å². The fourth-order valence-corrected chi connectivity index (χ4v) is 2.76. The minimum Gasteiger partial charge on any atom is -0.292 e. The van der Waals surface area contributed by atoms with E-state index in [1.807, 2.05) is 19.3 Å². The molecular formula is C11H14N4O2S. The van der Waals surface area contributed by atoms with E-state index in [9.17, 15) is 9.59 Å². The van der Waals surface area contributed by atoms with Gasteiger partial charge in [-0.1, -0.05) is 0 Å². The topological polar surface area (TPSA) is 90.0 Å². The molecule has 0 aliphatic carbocycles. The van der Waals surface area contributed by atoms with E-state index in [1.165, 1.54) is 22.2 Å². The summed E-state index contributed by atoms with van der Waals surface area (Å²) in [7, 11) is 0. The fraction of sp³-hybridized carbons (Fsp3) is 0.364. The van der Waals surface area contributed by atoms with Gasteiger partial charge in [-0.2, -0.15) is 0 Å². The highest BCUT2D eigenvalue weighted by atomic mass is 32.1. The standard InChI is InChI=1S/C11H14N4O2S/c1-5-7(3)18-10-8(5)11(17)15(4-13-10)6(2)9(16)14-12/h4,6H,12H2,1-3H3,(H,14,16). The largest absolute Gasteiger partial charge is 0.292 e. The molecule has 0 aliphatic heterocycles. The maximum absolute atomic E-state index is 12.3. The van der Waals surface area contributed by atoms with Gasteiger partial charge in [0, 0.05) is 4.88 Å². The van der Waals surface area contributed by atoms with E-state index >= 15 is 0 Å². The molecule has 3 N–H and O–H groups in total. The SMILES string of the molecule is Cc1sc2ncn(C(C)C(=O)NN)c(=O)c2c1C. The molecule has 0 fully saturated rings. The Hall–Kier alpha value is -1.73. The summed E-state index contributed by atoms with van der Waals surface area (Å²) in [6.07, 6.45) is 1.39. The number of rotatable bonds is 2. The van der Waals surface area contributed by atoms with Crippen LogP contribution >= 0.6 is 11.3 Å². The van der Waals surface area contributed by atoms with Gasteiger partial charge >= 0.3 is 0 Å². The monoisotopic (exact) mass is 266 g/mol. The van der Waals surface area contributed by atoms with Gasteiger partial charge in [0.25, 0.3) is 11.5 Å². The lowest BCUT2D eigenvalue weighted by Gasteiger charge is -2.12. The Morgan fingerprint density at radius 1 is 1.56 bits per heavy atom. The van der Waals surface area contributed by atoms with Gasteiger partial charge in [-0.15, -0.1) is 11.3 Å². The summed E-state index contributed by atoms with van der Waals surface area (Å²) in [5.41, 5.74) is 2.74. The maximum atomic E-state index is 12.3. The molecule has 96 valence electrons. The Labute approximate surface area is 107 Å². The van der Waals surface area contributed by atoms with Crippen molar-refractivity contribution in [1.82, 2.24) is 15.0 Å². The van der Waals surface area contributed by atoms with E-state index in [0.717, 1.165) is 10.4 Å². The van der Waals surface area contributed by atoms with Gasteiger partial charge in [-0.05, 0) is 26.3 Å². The minimum atomic E-state index is -0.681. The first-order valence-corrected chi connectivity index (χ1v) is 6.26. The Bertz CT molecular complexity index is 673. The van der Waals surface area contributed by atoms with Gasteiger partial charge in [0.2, 0.25) is 0 Å². The van der Waals surface area contributed by atoms with E-state index in [-0.39, 0.29) is 5.56 Å². The van der Waals surface area contributed by atoms with Gasteiger partial charge in [0.05, 0.1) is 11.7 Å². The second-order valence-electron chi connectivity index (χ2n) is 4.10. The molecule has 18 heavy (non-hydrogen) atoms. The number of nitrogens with two attached hydrogens (primary N) is 1. The van der Waals surface area contributed by atoms with Crippen molar-refractivity contribution < 1.29 is 4.79 Å². The first kappa shape index (κ1) is 12.7.